The highest BCUT2D eigenvalue weighted by atomic mass is 16.6. The van der Waals surface area contributed by atoms with Crippen molar-refractivity contribution in [1.82, 2.24) is 9.58 Å². The predicted molar refractivity (Wildman–Crippen MR) is 55.8 cm³/mol. The fourth-order valence-corrected chi connectivity index (χ4v) is 1.92. The van der Waals surface area contributed by atoms with Crippen molar-refractivity contribution in [2.45, 2.75) is 12.8 Å². The van der Waals surface area contributed by atoms with E-state index in [1.165, 1.54) is 12.3 Å². The average Bonchev–Trinajstić information content (AvgIpc) is 2.67. The molecule has 2 rings (SSSR count). The quantitative estimate of drug-likeness (QED) is 0.340. The van der Waals surface area contributed by atoms with Crippen molar-refractivity contribution in [3.63, 3.8) is 0 Å². The summed E-state index contributed by atoms with van der Waals surface area (Å²) in [7, 11) is 0. The lowest BCUT2D eigenvalue weighted by Crippen LogP contribution is -2.53. The van der Waals surface area contributed by atoms with Gasteiger partial charge in [-0.25, -0.2) is 4.59 Å². The standard InChI is InChI=1S/C9H13N4O2/c10-13(3-1-2-4-13)9-5-8(12(14)15)6-11-7-9/h5-7H,1-4,10H2/q+1. The summed E-state index contributed by atoms with van der Waals surface area (Å²) in [6.45, 7) is 1.64. The molecular weight excluding hydrogens is 196 g/mol. The second-order valence-corrected chi connectivity index (χ2v) is 3.85. The van der Waals surface area contributed by atoms with E-state index in [1.807, 2.05) is 0 Å². The van der Waals surface area contributed by atoms with Gasteiger partial charge >= 0.3 is 0 Å². The molecule has 0 atom stereocenters. The molecule has 0 amide bonds. The predicted octanol–water partition coefficient (Wildman–Crippen LogP) is 0.965. The van der Waals surface area contributed by atoms with Gasteiger partial charge in [0.1, 0.15) is 19.3 Å². The third kappa shape index (κ3) is 1.81. The van der Waals surface area contributed by atoms with Crippen LogP contribution < -0.4 is 10.4 Å². The summed E-state index contributed by atoms with van der Waals surface area (Å²) in [6.07, 6.45) is 4.96. The van der Waals surface area contributed by atoms with E-state index in [9.17, 15) is 10.1 Å². The molecule has 0 saturated carbocycles. The minimum Gasteiger partial charge on any atom is -0.258 e. The van der Waals surface area contributed by atoms with E-state index in [4.69, 9.17) is 5.84 Å². The lowest BCUT2D eigenvalue weighted by atomic mass is 10.3. The van der Waals surface area contributed by atoms with Gasteiger partial charge in [-0.05, 0) is 0 Å². The lowest BCUT2D eigenvalue weighted by molar-refractivity contribution is -0.385. The Morgan fingerprint density at radius 3 is 2.67 bits per heavy atom. The van der Waals surface area contributed by atoms with E-state index in [1.54, 1.807) is 6.20 Å². The number of hydrogen-bond donors (Lipinski definition) is 1. The molecule has 1 aliphatic rings. The average molecular weight is 209 g/mol. The maximum atomic E-state index is 10.6. The Hall–Kier alpha value is -1.53. The van der Waals surface area contributed by atoms with Crippen molar-refractivity contribution < 1.29 is 4.92 Å². The van der Waals surface area contributed by atoms with E-state index in [0.717, 1.165) is 31.6 Å². The van der Waals surface area contributed by atoms with Crippen LogP contribution in [0.15, 0.2) is 18.5 Å². The van der Waals surface area contributed by atoms with Crippen molar-refractivity contribution in [2.75, 3.05) is 13.1 Å². The SMILES string of the molecule is N[N+]1(c2cncc([N+](=O)[O-])c2)CCCC1. The molecule has 1 aliphatic heterocycles. The lowest BCUT2D eigenvalue weighted by Gasteiger charge is -2.25. The second kappa shape index (κ2) is 3.56. The van der Waals surface area contributed by atoms with Gasteiger partial charge in [-0.3, -0.25) is 15.1 Å². The van der Waals surface area contributed by atoms with Crippen LogP contribution in [0.4, 0.5) is 11.4 Å². The fraction of sp³-hybridized carbons (Fsp3) is 0.444. The Morgan fingerprint density at radius 2 is 2.07 bits per heavy atom. The molecule has 6 nitrogen and oxygen atoms in total. The number of rotatable bonds is 2. The number of hydrogen-bond acceptors (Lipinski definition) is 4. The largest absolute Gasteiger partial charge is 0.293 e. The maximum absolute atomic E-state index is 10.6. The molecule has 2 heterocycles. The number of pyridine rings is 1. The van der Waals surface area contributed by atoms with E-state index >= 15 is 0 Å². The monoisotopic (exact) mass is 209 g/mol. The molecule has 2 N–H and O–H groups in total. The van der Waals surface area contributed by atoms with Gasteiger partial charge in [-0.1, -0.05) is 0 Å². The van der Waals surface area contributed by atoms with Gasteiger partial charge in [0.05, 0.1) is 17.2 Å². The third-order valence-corrected chi connectivity index (χ3v) is 2.80. The molecule has 0 radical (unpaired) electrons. The summed E-state index contributed by atoms with van der Waals surface area (Å²) >= 11 is 0. The Labute approximate surface area is 87.0 Å². The number of quaternary nitrogens is 1. The number of aromatic nitrogens is 1. The smallest absolute Gasteiger partial charge is 0.258 e. The van der Waals surface area contributed by atoms with Crippen LogP contribution in [-0.4, -0.2) is 23.0 Å². The fourth-order valence-electron chi connectivity index (χ4n) is 1.92. The summed E-state index contributed by atoms with van der Waals surface area (Å²) in [5.74, 6) is 6.12. The highest BCUT2D eigenvalue weighted by Crippen LogP contribution is 2.26. The number of nitrogens with zero attached hydrogens (tertiary/aromatic N) is 3. The molecule has 0 spiro atoms. The molecule has 0 unspecified atom stereocenters. The second-order valence-electron chi connectivity index (χ2n) is 3.85. The van der Waals surface area contributed by atoms with Crippen LogP contribution in [0, 0.1) is 10.1 Å². The Bertz CT molecular complexity index is 387. The topological polar surface area (TPSA) is 82.0 Å². The highest BCUT2D eigenvalue weighted by molar-refractivity contribution is 5.47. The molecule has 1 aromatic heterocycles. The first kappa shape index (κ1) is 10.0. The van der Waals surface area contributed by atoms with Crippen LogP contribution in [0.1, 0.15) is 12.8 Å². The van der Waals surface area contributed by atoms with Gasteiger partial charge in [0.2, 0.25) is 0 Å². The molecule has 0 aliphatic carbocycles. The summed E-state index contributed by atoms with van der Waals surface area (Å²) in [5, 5.41) is 10.6. The molecule has 1 fully saturated rings. The molecule has 1 saturated heterocycles. The summed E-state index contributed by atoms with van der Waals surface area (Å²) in [6, 6.07) is 1.51. The summed E-state index contributed by atoms with van der Waals surface area (Å²) < 4.78 is 0.272. The van der Waals surface area contributed by atoms with Crippen LogP contribution in [0.3, 0.4) is 0 Å². The molecular formula is C9H13N4O2+. The molecule has 15 heavy (non-hydrogen) atoms. The minimum absolute atomic E-state index is 0.00218. The normalized spacial score (nSPS) is 19.0. The zero-order chi connectivity index (χ0) is 10.9. The molecule has 0 bridgehead atoms. The van der Waals surface area contributed by atoms with Crippen LogP contribution in [0.2, 0.25) is 0 Å². The van der Waals surface area contributed by atoms with Crippen molar-refractivity contribution in [3.8, 4) is 0 Å². The third-order valence-electron chi connectivity index (χ3n) is 2.80. The number of nitrogens with two attached hydrogens (primary N) is 1. The van der Waals surface area contributed by atoms with E-state index < -0.39 is 4.92 Å². The van der Waals surface area contributed by atoms with Crippen molar-refractivity contribution >= 4 is 11.4 Å². The summed E-state index contributed by atoms with van der Waals surface area (Å²) in [5.41, 5.74) is 0.726. The Kier molecular flexibility index (Phi) is 2.37. The Morgan fingerprint density at radius 1 is 1.40 bits per heavy atom. The molecule has 80 valence electrons. The van der Waals surface area contributed by atoms with Gasteiger partial charge < -0.3 is 0 Å². The molecule has 1 aromatic rings. The minimum atomic E-state index is -0.446. The van der Waals surface area contributed by atoms with Gasteiger partial charge in [0.15, 0.2) is 5.69 Å². The van der Waals surface area contributed by atoms with Crippen molar-refractivity contribution in [3.05, 3.63) is 28.6 Å². The van der Waals surface area contributed by atoms with E-state index in [0.29, 0.717) is 0 Å². The van der Waals surface area contributed by atoms with Crippen molar-refractivity contribution in [2.24, 2.45) is 5.84 Å². The van der Waals surface area contributed by atoms with Gasteiger partial charge in [0.25, 0.3) is 5.69 Å². The zero-order valence-corrected chi connectivity index (χ0v) is 8.30. The first-order valence-electron chi connectivity index (χ1n) is 4.87. The van der Waals surface area contributed by atoms with Crippen LogP contribution in [0.5, 0.6) is 0 Å². The van der Waals surface area contributed by atoms with E-state index in [-0.39, 0.29) is 10.3 Å². The van der Waals surface area contributed by atoms with Gasteiger partial charge in [-0.15, -0.1) is 0 Å². The summed E-state index contributed by atoms with van der Waals surface area (Å²) in [4.78, 5) is 14.0. The zero-order valence-electron chi connectivity index (χ0n) is 8.30. The van der Waals surface area contributed by atoms with Gasteiger partial charge in [-0.2, -0.15) is 5.84 Å². The van der Waals surface area contributed by atoms with Crippen molar-refractivity contribution in [1.29, 1.82) is 0 Å². The van der Waals surface area contributed by atoms with Crippen LogP contribution in [0.25, 0.3) is 0 Å². The first-order chi connectivity index (χ1) is 7.12. The van der Waals surface area contributed by atoms with Crippen LogP contribution >= 0.6 is 0 Å². The number of nitro groups is 1. The van der Waals surface area contributed by atoms with Gasteiger partial charge in [0, 0.05) is 12.8 Å². The molecule has 6 heteroatoms. The maximum Gasteiger partial charge on any atom is 0.293 e. The van der Waals surface area contributed by atoms with Crippen LogP contribution in [-0.2, 0) is 0 Å². The Balaban J connectivity index is 2.36. The van der Waals surface area contributed by atoms with E-state index in [2.05, 4.69) is 4.98 Å². The highest BCUT2D eigenvalue weighted by Gasteiger charge is 2.32. The molecule has 0 aromatic carbocycles. The first-order valence-corrected chi connectivity index (χ1v) is 4.87.